The van der Waals surface area contributed by atoms with Crippen molar-refractivity contribution in [2.45, 2.75) is 32.9 Å². The van der Waals surface area contributed by atoms with Gasteiger partial charge in [0.25, 0.3) is 0 Å². The van der Waals surface area contributed by atoms with Crippen LogP contribution in [0.5, 0.6) is 0 Å². The summed E-state index contributed by atoms with van der Waals surface area (Å²) in [7, 11) is 1.81. The Morgan fingerprint density at radius 3 is 2.58 bits per heavy atom. The van der Waals surface area contributed by atoms with Gasteiger partial charge in [0.05, 0.1) is 11.9 Å². The topological polar surface area (TPSA) is 53.3 Å². The number of rotatable bonds is 8. The highest BCUT2D eigenvalue weighted by Gasteiger charge is 2.24. The predicted octanol–water partition coefficient (Wildman–Crippen LogP) is 2.40. The summed E-state index contributed by atoms with van der Waals surface area (Å²) in [6.07, 6.45) is 3.44. The van der Waals surface area contributed by atoms with E-state index < -0.39 is 5.60 Å². The second-order valence-corrected chi connectivity index (χ2v) is 6.24. The third-order valence-electron chi connectivity index (χ3n) is 4.24. The molecule has 0 amide bonds. The lowest BCUT2D eigenvalue weighted by Crippen LogP contribution is -2.34. The first-order chi connectivity index (χ1) is 11.4. The van der Waals surface area contributed by atoms with Crippen LogP contribution >= 0.6 is 0 Å². The normalized spacial score (nSPS) is 13.8. The lowest BCUT2D eigenvalue weighted by molar-refractivity contribution is 0.0566. The number of aryl methyl sites for hydroxylation is 1. The molecule has 1 aromatic carbocycles. The molecule has 2 N–H and O–H groups in total. The molecule has 0 aliphatic heterocycles. The third kappa shape index (κ3) is 4.33. The smallest absolute Gasteiger partial charge is 0.146 e. The van der Waals surface area contributed by atoms with E-state index in [1.807, 2.05) is 37.9 Å². The first-order valence-electron chi connectivity index (χ1n) is 8.33. The minimum Gasteiger partial charge on any atom is -0.384 e. The van der Waals surface area contributed by atoms with Crippen molar-refractivity contribution >= 4 is 5.69 Å². The van der Waals surface area contributed by atoms with Gasteiger partial charge in [-0.2, -0.15) is 5.10 Å². The standard InChI is InChI=1S/C18H27FN4O/c1-5-23(6-2)17-8-7-14(9-16(17)19)10-20-13-18(3,24)15-11-21-22(4)12-15/h7-9,11-12,20,24H,5-6,10,13H2,1-4H3. The molecule has 0 bridgehead atoms. The van der Waals surface area contributed by atoms with Gasteiger partial charge in [-0.3, -0.25) is 4.68 Å². The molecule has 1 unspecified atom stereocenters. The highest BCUT2D eigenvalue weighted by atomic mass is 19.1. The molecule has 2 rings (SSSR count). The van der Waals surface area contributed by atoms with Gasteiger partial charge in [-0.05, 0) is 38.5 Å². The fourth-order valence-electron chi connectivity index (χ4n) is 2.73. The van der Waals surface area contributed by atoms with Crippen molar-refractivity contribution < 1.29 is 9.50 Å². The van der Waals surface area contributed by atoms with Crippen molar-refractivity contribution in [3.63, 3.8) is 0 Å². The summed E-state index contributed by atoms with van der Waals surface area (Å²) in [5.41, 5.74) is 1.21. The van der Waals surface area contributed by atoms with Crippen molar-refractivity contribution in [2.75, 3.05) is 24.5 Å². The van der Waals surface area contributed by atoms with Crippen LogP contribution in [-0.4, -0.2) is 34.5 Å². The minimum atomic E-state index is -1.02. The molecule has 5 nitrogen and oxygen atoms in total. The van der Waals surface area contributed by atoms with E-state index in [0.717, 1.165) is 24.2 Å². The van der Waals surface area contributed by atoms with E-state index in [1.54, 1.807) is 30.1 Å². The molecule has 0 saturated heterocycles. The van der Waals surface area contributed by atoms with Gasteiger partial charge in [0.15, 0.2) is 0 Å². The van der Waals surface area contributed by atoms with Crippen LogP contribution in [0, 0.1) is 5.82 Å². The second-order valence-electron chi connectivity index (χ2n) is 6.24. The van der Waals surface area contributed by atoms with E-state index in [9.17, 15) is 9.50 Å². The molecule has 0 aliphatic rings. The van der Waals surface area contributed by atoms with E-state index in [1.165, 1.54) is 0 Å². The van der Waals surface area contributed by atoms with Crippen LogP contribution in [0.3, 0.4) is 0 Å². The fraction of sp³-hybridized carbons (Fsp3) is 0.500. The van der Waals surface area contributed by atoms with Gasteiger partial charge >= 0.3 is 0 Å². The maximum Gasteiger partial charge on any atom is 0.146 e. The number of hydrogen-bond donors (Lipinski definition) is 2. The van der Waals surface area contributed by atoms with Crippen LogP contribution in [0.25, 0.3) is 0 Å². The van der Waals surface area contributed by atoms with Crippen molar-refractivity contribution in [1.82, 2.24) is 15.1 Å². The van der Waals surface area contributed by atoms with Crippen molar-refractivity contribution in [1.29, 1.82) is 0 Å². The number of aliphatic hydroxyl groups is 1. The molecule has 1 aromatic heterocycles. The van der Waals surface area contributed by atoms with Crippen molar-refractivity contribution in [3.8, 4) is 0 Å². The first-order valence-corrected chi connectivity index (χ1v) is 8.33. The molecular formula is C18H27FN4O. The number of halogens is 1. The van der Waals surface area contributed by atoms with Crippen molar-refractivity contribution in [2.24, 2.45) is 7.05 Å². The third-order valence-corrected chi connectivity index (χ3v) is 4.24. The monoisotopic (exact) mass is 334 g/mol. The number of nitrogens with zero attached hydrogens (tertiary/aromatic N) is 3. The van der Waals surface area contributed by atoms with Crippen LogP contribution in [0.2, 0.25) is 0 Å². The van der Waals surface area contributed by atoms with E-state index in [4.69, 9.17) is 0 Å². The lowest BCUT2D eigenvalue weighted by atomic mass is 9.99. The Balaban J connectivity index is 1.96. The van der Waals surface area contributed by atoms with Crippen molar-refractivity contribution in [3.05, 3.63) is 47.5 Å². The summed E-state index contributed by atoms with van der Waals surface area (Å²) in [5.74, 6) is -0.211. The van der Waals surface area contributed by atoms with Gasteiger partial charge in [-0.1, -0.05) is 6.07 Å². The minimum absolute atomic E-state index is 0.211. The van der Waals surface area contributed by atoms with Gasteiger partial charge in [0, 0.05) is 45.0 Å². The maximum absolute atomic E-state index is 14.3. The zero-order valence-electron chi connectivity index (χ0n) is 14.9. The Bertz CT molecular complexity index is 665. The zero-order valence-corrected chi connectivity index (χ0v) is 14.9. The Morgan fingerprint density at radius 2 is 2.04 bits per heavy atom. The Morgan fingerprint density at radius 1 is 1.33 bits per heavy atom. The van der Waals surface area contributed by atoms with Gasteiger partial charge in [-0.25, -0.2) is 4.39 Å². The predicted molar refractivity (Wildman–Crippen MR) is 94.4 cm³/mol. The van der Waals surface area contributed by atoms with Crippen LogP contribution < -0.4 is 10.2 Å². The molecule has 2 aromatic rings. The van der Waals surface area contributed by atoms with E-state index in [2.05, 4.69) is 10.4 Å². The highest BCUT2D eigenvalue weighted by Crippen LogP contribution is 2.21. The summed E-state index contributed by atoms with van der Waals surface area (Å²) < 4.78 is 15.9. The van der Waals surface area contributed by atoms with Crippen LogP contribution in [0.1, 0.15) is 31.9 Å². The van der Waals surface area contributed by atoms with Crippen LogP contribution in [0.15, 0.2) is 30.6 Å². The molecule has 6 heteroatoms. The Labute approximate surface area is 143 Å². The number of aromatic nitrogens is 2. The van der Waals surface area contributed by atoms with Crippen LogP contribution in [-0.2, 0) is 19.2 Å². The number of anilines is 1. The highest BCUT2D eigenvalue weighted by molar-refractivity contribution is 5.49. The molecule has 0 saturated carbocycles. The summed E-state index contributed by atoms with van der Waals surface area (Å²) in [6, 6.07) is 5.29. The quantitative estimate of drug-likeness (QED) is 0.778. The average molecular weight is 334 g/mol. The summed E-state index contributed by atoms with van der Waals surface area (Å²) in [5, 5.41) is 17.8. The molecule has 132 valence electrons. The number of nitrogens with one attached hydrogen (secondary N) is 1. The Hall–Kier alpha value is -1.92. The molecule has 0 radical (unpaired) electrons. The van der Waals surface area contributed by atoms with E-state index >= 15 is 0 Å². The summed E-state index contributed by atoms with van der Waals surface area (Å²) in [6.45, 7) is 8.17. The Kier molecular flexibility index (Phi) is 5.96. The van der Waals surface area contributed by atoms with Gasteiger partial charge in [0.1, 0.15) is 11.4 Å². The van der Waals surface area contributed by atoms with Crippen LogP contribution in [0.4, 0.5) is 10.1 Å². The largest absolute Gasteiger partial charge is 0.384 e. The second kappa shape index (κ2) is 7.77. The van der Waals surface area contributed by atoms with Gasteiger partial charge in [0.2, 0.25) is 0 Å². The summed E-state index contributed by atoms with van der Waals surface area (Å²) >= 11 is 0. The lowest BCUT2D eigenvalue weighted by Gasteiger charge is -2.23. The molecule has 1 atom stereocenters. The van der Waals surface area contributed by atoms with E-state index in [-0.39, 0.29) is 5.82 Å². The molecule has 24 heavy (non-hydrogen) atoms. The average Bonchev–Trinajstić information content (AvgIpc) is 2.98. The van der Waals surface area contributed by atoms with E-state index in [0.29, 0.717) is 18.8 Å². The maximum atomic E-state index is 14.3. The molecule has 1 heterocycles. The fourth-order valence-corrected chi connectivity index (χ4v) is 2.73. The molecule has 0 spiro atoms. The number of hydrogen-bond acceptors (Lipinski definition) is 4. The first kappa shape index (κ1) is 18.4. The zero-order chi connectivity index (χ0) is 17.7. The van der Waals surface area contributed by atoms with Gasteiger partial charge in [-0.15, -0.1) is 0 Å². The SMILES string of the molecule is CCN(CC)c1ccc(CNCC(C)(O)c2cnn(C)c2)cc1F. The molecule has 0 aliphatic carbocycles. The number of benzene rings is 1. The molecule has 0 fully saturated rings. The molecular weight excluding hydrogens is 307 g/mol. The summed E-state index contributed by atoms with van der Waals surface area (Å²) in [4.78, 5) is 1.99. The van der Waals surface area contributed by atoms with Gasteiger partial charge < -0.3 is 15.3 Å².